The summed E-state index contributed by atoms with van der Waals surface area (Å²) in [6.07, 6.45) is 0. The van der Waals surface area contributed by atoms with Crippen LogP contribution in [0.25, 0.3) is 0 Å². The van der Waals surface area contributed by atoms with Crippen molar-refractivity contribution in [1.82, 2.24) is 1.55 Å². The molecule has 0 N–H and O–H groups in total. The zero-order chi connectivity index (χ0) is 3.58. The third kappa shape index (κ3) is 10.2. The monoisotopic (exact) mass is 287 g/mol. The maximum Gasteiger partial charge on any atom is 0.0694 e. The fourth-order valence-corrected chi connectivity index (χ4v) is 0. The first-order valence-corrected chi connectivity index (χ1v) is 2.44. The molecule has 0 aliphatic rings. The summed E-state index contributed by atoms with van der Waals surface area (Å²) < 4.78 is 11.2. The van der Waals surface area contributed by atoms with Gasteiger partial charge in [0.1, 0.15) is 0 Å². The normalized spacial score (nSPS) is 9.00. The van der Waals surface area contributed by atoms with Gasteiger partial charge >= 0.3 is 0 Å². The molecule has 0 saturated carbocycles. The van der Waals surface area contributed by atoms with Crippen LogP contribution >= 0.6 is 45.7 Å². The van der Waals surface area contributed by atoms with Crippen LogP contribution in [-0.2, 0) is 0 Å². The van der Waals surface area contributed by atoms with E-state index in [-0.39, 0.29) is 0 Å². The minimum atomic E-state index is 0.440. The minimum Gasteiger partial charge on any atom is -0.113 e. The maximum absolute atomic E-state index is 10.8. The Morgan fingerprint density at radius 1 is 1.50 bits per heavy atom. The van der Waals surface area contributed by atoms with Gasteiger partial charge in [-0.1, -0.05) is 0 Å². The van der Waals surface area contributed by atoms with E-state index in [0.717, 1.165) is 0 Å². The second-order valence-corrected chi connectivity index (χ2v) is 3.73. The van der Waals surface area contributed by atoms with Gasteiger partial charge in [0.05, 0.1) is 45.7 Å². The summed E-state index contributed by atoms with van der Waals surface area (Å²) in [5.41, 5.74) is 0. The van der Waals surface area contributed by atoms with Crippen LogP contribution in [0.5, 0.6) is 0 Å². The van der Waals surface area contributed by atoms with Crippen LogP contribution in [0.3, 0.4) is 0 Å². The Hall–Kier alpha value is 1.35. The highest BCUT2D eigenvalue weighted by Gasteiger charge is 1.73. The Labute approximate surface area is 51.5 Å². The minimum absolute atomic E-state index is 0.440. The molecule has 0 amide bonds. The number of hydrogen-bond acceptors (Lipinski definition) is 1. The molecule has 0 unspecified atom stereocenters. The van der Waals surface area contributed by atoms with Gasteiger partial charge in [0.15, 0.2) is 0 Å². The Bertz CT molecular complexity index is 10.8. The molecule has 0 rings (SSSR count). The molecule has 1 nitrogen and oxygen atoms in total. The van der Waals surface area contributed by atoms with Crippen LogP contribution in [0.4, 0.5) is 4.48 Å². The molecule has 0 atom stereocenters. The SMILES string of the molecule is FN(I)I. The summed E-state index contributed by atoms with van der Waals surface area (Å²) in [6, 6.07) is 0. The number of halogens is 3. The van der Waals surface area contributed by atoms with E-state index in [1.54, 1.807) is 0 Å². The van der Waals surface area contributed by atoms with E-state index < -0.39 is 0 Å². The van der Waals surface area contributed by atoms with Crippen molar-refractivity contribution in [3.05, 3.63) is 0 Å². The molecule has 0 aromatic rings. The summed E-state index contributed by atoms with van der Waals surface area (Å²) in [7, 11) is 0. The highest BCUT2D eigenvalue weighted by atomic mass is 127. The molecule has 26 valence electrons. The molecule has 0 aliphatic carbocycles. The van der Waals surface area contributed by atoms with Gasteiger partial charge in [-0.3, -0.25) is 0 Å². The van der Waals surface area contributed by atoms with Crippen LogP contribution in [0.2, 0.25) is 0 Å². The fourth-order valence-electron chi connectivity index (χ4n) is 0. The molecule has 0 saturated heterocycles. The third-order valence-electron chi connectivity index (χ3n) is 0. The van der Waals surface area contributed by atoms with E-state index in [9.17, 15) is 4.48 Å². The lowest BCUT2D eigenvalue weighted by Crippen LogP contribution is -1.61. The quantitative estimate of drug-likeness (QED) is 0.485. The zero-order valence-electron chi connectivity index (χ0n) is 1.58. The van der Waals surface area contributed by atoms with Crippen LogP contribution in [0, 0.1) is 0 Å². The first-order valence-electron chi connectivity index (χ1n) is 0.507. The molecule has 0 aliphatic heterocycles. The third-order valence-corrected chi connectivity index (χ3v) is 0. The summed E-state index contributed by atoms with van der Waals surface area (Å²) >= 11 is 2.99. The summed E-state index contributed by atoms with van der Waals surface area (Å²) in [4.78, 5) is 0. The lowest BCUT2D eigenvalue weighted by molar-refractivity contribution is 0.359. The van der Waals surface area contributed by atoms with Gasteiger partial charge in [0, 0.05) is 0 Å². The van der Waals surface area contributed by atoms with Gasteiger partial charge in [0.2, 0.25) is 0 Å². The zero-order valence-corrected chi connectivity index (χ0v) is 5.90. The number of rotatable bonds is 0. The standard InChI is InChI=1S/FI2N/c1-4(2)3. The topological polar surface area (TPSA) is 3.24 Å². The molecule has 0 radical (unpaired) electrons. The van der Waals surface area contributed by atoms with Gasteiger partial charge in [-0.2, -0.15) is 0 Å². The van der Waals surface area contributed by atoms with Crippen molar-refractivity contribution in [1.29, 1.82) is 0 Å². The van der Waals surface area contributed by atoms with E-state index in [4.69, 9.17) is 0 Å². The van der Waals surface area contributed by atoms with Gasteiger partial charge in [-0.15, -0.1) is 4.48 Å². The second-order valence-electron chi connectivity index (χ2n) is 0.192. The van der Waals surface area contributed by atoms with Gasteiger partial charge in [0.25, 0.3) is 0 Å². The van der Waals surface area contributed by atoms with Crippen molar-refractivity contribution in [3.8, 4) is 0 Å². The molecule has 4 heavy (non-hydrogen) atoms. The molecular formula is FI2N. The van der Waals surface area contributed by atoms with Crippen molar-refractivity contribution < 1.29 is 4.48 Å². The van der Waals surface area contributed by atoms with E-state index in [1.165, 1.54) is 45.7 Å². The van der Waals surface area contributed by atoms with Gasteiger partial charge in [-0.05, 0) is 1.55 Å². The van der Waals surface area contributed by atoms with Gasteiger partial charge < -0.3 is 0 Å². The van der Waals surface area contributed by atoms with Gasteiger partial charge in [-0.25, -0.2) is 0 Å². The van der Waals surface area contributed by atoms with E-state index in [2.05, 4.69) is 0 Å². The Balaban J connectivity index is 2.32. The first kappa shape index (κ1) is 5.35. The van der Waals surface area contributed by atoms with Crippen molar-refractivity contribution in [3.63, 3.8) is 0 Å². The van der Waals surface area contributed by atoms with E-state index in [0.29, 0.717) is 1.55 Å². The van der Waals surface area contributed by atoms with E-state index in [1.807, 2.05) is 0 Å². The highest BCUT2D eigenvalue weighted by Crippen LogP contribution is 2.04. The maximum atomic E-state index is 10.8. The average Bonchev–Trinajstić information content (AvgIpc) is 0.811. The molecule has 0 spiro atoms. The average molecular weight is 287 g/mol. The number of nitrogens with zero attached hydrogens (tertiary/aromatic N) is 1. The van der Waals surface area contributed by atoms with Crippen molar-refractivity contribution in [2.75, 3.05) is 0 Å². The summed E-state index contributed by atoms with van der Waals surface area (Å²) in [5, 5.41) is 0. The smallest absolute Gasteiger partial charge is 0.0694 e. The summed E-state index contributed by atoms with van der Waals surface area (Å²) in [6.45, 7) is 0. The Morgan fingerprint density at radius 2 is 1.50 bits per heavy atom. The molecule has 0 bridgehead atoms. The summed E-state index contributed by atoms with van der Waals surface area (Å²) in [5.74, 6) is 0. The largest absolute Gasteiger partial charge is 0.113 e. The van der Waals surface area contributed by atoms with Crippen molar-refractivity contribution in [2.45, 2.75) is 0 Å². The number of hydrogen-bond donors (Lipinski definition) is 0. The predicted octanol–water partition coefficient (Wildman–Crippen LogP) is 1.87. The molecule has 0 aromatic heterocycles. The highest BCUT2D eigenvalue weighted by molar-refractivity contribution is 14.2. The Kier molecular flexibility index (Phi) is 3.45. The first-order chi connectivity index (χ1) is 1.73. The predicted molar refractivity (Wildman–Crippen MR) is 31.0 cm³/mol. The van der Waals surface area contributed by atoms with Crippen molar-refractivity contribution >= 4 is 45.7 Å². The molecule has 0 aromatic carbocycles. The van der Waals surface area contributed by atoms with Crippen LogP contribution in [-0.4, -0.2) is 1.55 Å². The lowest BCUT2D eigenvalue weighted by atomic mass is 13.8. The molecule has 0 heterocycles. The molecule has 4 heteroatoms. The van der Waals surface area contributed by atoms with E-state index >= 15 is 0 Å². The molecular weight excluding hydrogens is 287 g/mol. The van der Waals surface area contributed by atoms with Crippen LogP contribution in [0.15, 0.2) is 0 Å². The van der Waals surface area contributed by atoms with Crippen LogP contribution in [0.1, 0.15) is 0 Å². The second kappa shape index (κ2) is 2.58. The van der Waals surface area contributed by atoms with Crippen molar-refractivity contribution in [2.24, 2.45) is 0 Å². The fraction of sp³-hybridized carbons (Fsp3) is 0. The Morgan fingerprint density at radius 3 is 1.50 bits per heavy atom. The van der Waals surface area contributed by atoms with Crippen LogP contribution < -0.4 is 0 Å². The molecule has 0 fully saturated rings. The lowest BCUT2D eigenvalue weighted by Gasteiger charge is -1.74.